The fourth-order valence-electron chi connectivity index (χ4n) is 3.13. The zero-order valence-electron chi connectivity index (χ0n) is 14.9. The summed E-state index contributed by atoms with van der Waals surface area (Å²) in [6.45, 7) is 7.50. The average Bonchev–Trinajstić information content (AvgIpc) is 2.95. The zero-order chi connectivity index (χ0) is 17.4. The number of imidazole rings is 1. The lowest BCUT2D eigenvalue weighted by molar-refractivity contribution is 0.524. The Morgan fingerprint density at radius 2 is 1.56 bits per heavy atom. The van der Waals surface area contributed by atoms with Gasteiger partial charge in [0.05, 0.1) is 11.0 Å². The maximum Gasteiger partial charge on any atom is 0.198 e. The molecule has 0 spiro atoms. The van der Waals surface area contributed by atoms with Crippen LogP contribution in [0.15, 0.2) is 48.5 Å². The van der Waals surface area contributed by atoms with Crippen LogP contribution in [0.5, 0.6) is 0 Å². The van der Waals surface area contributed by atoms with E-state index in [2.05, 4.69) is 49.6 Å². The fourth-order valence-corrected chi connectivity index (χ4v) is 3.13. The van der Waals surface area contributed by atoms with Crippen molar-refractivity contribution in [3.05, 3.63) is 54.1 Å². The number of aryl methyl sites for hydroxylation is 2. The smallest absolute Gasteiger partial charge is 0.198 e. The molecule has 0 atom stereocenters. The van der Waals surface area contributed by atoms with E-state index in [0.717, 1.165) is 46.7 Å². The van der Waals surface area contributed by atoms with E-state index in [1.165, 1.54) is 5.56 Å². The maximum atomic E-state index is 4.87. The minimum atomic E-state index is 0.621. The van der Waals surface area contributed by atoms with Crippen molar-refractivity contribution < 1.29 is 0 Å². The maximum absolute atomic E-state index is 4.87. The lowest BCUT2D eigenvalue weighted by Crippen LogP contribution is -2.05. The van der Waals surface area contributed by atoms with Gasteiger partial charge < -0.3 is 4.57 Å². The summed E-state index contributed by atoms with van der Waals surface area (Å²) in [7, 11) is 0. The first-order valence-electron chi connectivity index (χ1n) is 8.82. The van der Waals surface area contributed by atoms with Crippen LogP contribution in [-0.2, 0) is 6.54 Å². The summed E-state index contributed by atoms with van der Waals surface area (Å²) in [5.74, 6) is 1.58. The summed E-state index contributed by atoms with van der Waals surface area (Å²) in [4.78, 5) is 14.5. The Kier molecular flexibility index (Phi) is 3.96. The summed E-state index contributed by atoms with van der Waals surface area (Å²) in [5.41, 5.74) is 5.76. The number of fused-ring (bicyclic) bond motifs is 2. The van der Waals surface area contributed by atoms with Crippen molar-refractivity contribution in [2.24, 2.45) is 5.92 Å². The van der Waals surface area contributed by atoms with E-state index in [1.807, 2.05) is 24.3 Å². The van der Waals surface area contributed by atoms with Gasteiger partial charge in [-0.05, 0) is 37.0 Å². The highest BCUT2D eigenvalue weighted by atomic mass is 15.2. The molecule has 2 aromatic carbocycles. The first-order valence-corrected chi connectivity index (χ1v) is 8.82. The van der Waals surface area contributed by atoms with Crippen LogP contribution in [0.1, 0.15) is 25.8 Å². The van der Waals surface area contributed by atoms with Crippen molar-refractivity contribution in [3.63, 3.8) is 0 Å². The van der Waals surface area contributed by atoms with Crippen LogP contribution >= 0.6 is 0 Å². The van der Waals surface area contributed by atoms with Gasteiger partial charge in [0.1, 0.15) is 5.82 Å². The molecule has 0 saturated heterocycles. The average molecular weight is 330 g/mol. The third-order valence-electron chi connectivity index (χ3n) is 4.57. The molecule has 2 heterocycles. The Labute approximate surface area is 147 Å². The molecule has 0 saturated carbocycles. The van der Waals surface area contributed by atoms with E-state index in [4.69, 9.17) is 15.0 Å². The Morgan fingerprint density at radius 1 is 0.880 bits per heavy atom. The molecule has 126 valence electrons. The second kappa shape index (κ2) is 6.28. The SMILES string of the molecule is Cc1ccccc1-c1nc2nc3ccccc3nc2n1CCC(C)C. The van der Waals surface area contributed by atoms with E-state index >= 15 is 0 Å². The number of benzene rings is 2. The molecule has 4 aromatic rings. The van der Waals surface area contributed by atoms with Gasteiger partial charge in [0, 0.05) is 12.1 Å². The first kappa shape index (κ1) is 15.8. The van der Waals surface area contributed by atoms with Crippen molar-refractivity contribution >= 4 is 22.3 Å². The predicted molar refractivity (Wildman–Crippen MR) is 102 cm³/mol. The monoisotopic (exact) mass is 330 g/mol. The highest BCUT2D eigenvalue weighted by Gasteiger charge is 2.17. The van der Waals surface area contributed by atoms with Gasteiger partial charge in [-0.3, -0.25) is 0 Å². The molecule has 0 N–H and O–H groups in total. The quantitative estimate of drug-likeness (QED) is 0.529. The molecule has 4 heteroatoms. The molecular formula is C21H22N4. The van der Waals surface area contributed by atoms with Crippen LogP contribution in [0.4, 0.5) is 0 Å². The van der Waals surface area contributed by atoms with E-state index in [-0.39, 0.29) is 0 Å². The van der Waals surface area contributed by atoms with E-state index < -0.39 is 0 Å². The molecular weight excluding hydrogens is 308 g/mol. The topological polar surface area (TPSA) is 43.6 Å². The van der Waals surface area contributed by atoms with Crippen LogP contribution in [-0.4, -0.2) is 19.5 Å². The zero-order valence-corrected chi connectivity index (χ0v) is 14.9. The highest BCUT2D eigenvalue weighted by Crippen LogP contribution is 2.27. The molecule has 0 bridgehead atoms. The van der Waals surface area contributed by atoms with Gasteiger partial charge >= 0.3 is 0 Å². The number of aromatic nitrogens is 4. The Balaban J connectivity index is 1.98. The van der Waals surface area contributed by atoms with Crippen molar-refractivity contribution in [2.45, 2.75) is 33.7 Å². The summed E-state index contributed by atoms with van der Waals surface area (Å²) in [6, 6.07) is 16.4. The predicted octanol–water partition coefficient (Wildman–Crippen LogP) is 5.00. The van der Waals surface area contributed by atoms with E-state index in [0.29, 0.717) is 5.92 Å². The van der Waals surface area contributed by atoms with E-state index in [1.54, 1.807) is 0 Å². The minimum Gasteiger partial charge on any atom is -0.307 e. The number of para-hydroxylation sites is 2. The van der Waals surface area contributed by atoms with Crippen LogP contribution in [0.3, 0.4) is 0 Å². The summed E-state index contributed by atoms with van der Waals surface area (Å²) in [6.07, 6.45) is 1.08. The summed E-state index contributed by atoms with van der Waals surface area (Å²) in [5, 5.41) is 0. The molecule has 2 aromatic heterocycles. The molecule has 25 heavy (non-hydrogen) atoms. The fraction of sp³-hybridized carbons (Fsp3) is 0.286. The Bertz CT molecular complexity index is 1050. The van der Waals surface area contributed by atoms with Crippen LogP contribution in [0, 0.1) is 12.8 Å². The number of nitrogens with zero attached hydrogens (tertiary/aromatic N) is 4. The third-order valence-corrected chi connectivity index (χ3v) is 4.57. The van der Waals surface area contributed by atoms with Crippen molar-refractivity contribution in [3.8, 4) is 11.4 Å². The third kappa shape index (κ3) is 2.88. The minimum absolute atomic E-state index is 0.621. The van der Waals surface area contributed by atoms with Gasteiger partial charge in [0.2, 0.25) is 0 Å². The van der Waals surface area contributed by atoms with Gasteiger partial charge in [-0.1, -0.05) is 50.2 Å². The van der Waals surface area contributed by atoms with Crippen LogP contribution in [0.25, 0.3) is 33.7 Å². The van der Waals surface area contributed by atoms with Crippen molar-refractivity contribution in [2.75, 3.05) is 0 Å². The normalized spacial score (nSPS) is 11.7. The number of hydrogen-bond acceptors (Lipinski definition) is 3. The lowest BCUT2D eigenvalue weighted by atomic mass is 10.1. The molecule has 0 fully saturated rings. The molecule has 0 aliphatic heterocycles. The molecule has 4 nitrogen and oxygen atoms in total. The molecule has 0 radical (unpaired) electrons. The standard InChI is InChI=1S/C21H22N4/c1-14(2)12-13-25-20(16-9-5-4-8-15(16)3)24-19-21(25)23-18-11-7-6-10-17(18)22-19/h4-11,14H,12-13H2,1-3H3. The van der Waals surface area contributed by atoms with Crippen LogP contribution < -0.4 is 0 Å². The Hall–Kier alpha value is -2.75. The second-order valence-electron chi connectivity index (χ2n) is 6.94. The van der Waals surface area contributed by atoms with E-state index in [9.17, 15) is 0 Å². The first-order chi connectivity index (χ1) is 12.1. The molecule has 0 aliphatic carbocycles. The summed E-state index contributed by atoms with van der Waals surface area (Å²) >= 11 is 0. The Morgan fingerprint density at radius 3 is 2.28 bits per heavy atom. The van der Waals surface area contributed by atoms with Crippen molar-refractivity contribution in [1.82, 2.24) is 19.5 Å². The van der Waals surface area contributed by atoms with Gasteiger partial charge in [-0.2, -0.15) is 0 Å². The molecule has 0 unspecified atom stereocenters. The van der Waals surface area contributed by atoms with Gasteiger partial charge in [0.15, 0.2) is 11.3 Å². The van der Waals surface area contributed by atoms with Crippen molar-refractivity contribution in [1.29, 1.82) is 0 Å². The second-order valence-corrected chi connectivity index (χ2v) is 6.94. The summed E-state index contributed by atoms with van der Waals surface area (Å²) < 4.78 is 2.23. The van der Waals surface area contributed by atoms with Crippen LogP contribution in [0.2, 0.25) is 0 Å². The van der Waals surface area contributed by atoms with Gasteiger partial charge in [-0.15, -0.1) is 0 Å². The number of hydrogen-bond donors (Lipinski definition) is 0. The molecule has 0 aliphatic rings. The number of rotatable bonds is 4. The highest BCUT2D eigenvalue weighted by molar-refractivity contribution is 5.85. The van der Waals surface area contributed by atoms with Gasteiger partial charge in [-0.25, -0.2) is 15.0 Å². The largest absolute Gasteiger partial charge is 0.307 e. The lowest BCUT2D eigenvalue weighted by Gasteiger charge is -2.12. The molecule has 0 amide bonds. The van der Waals surface area contributed by atoms with Gasteiger partial charge in [0.25, 0.3) is 0 Å². The molecule has 4 rings (SSSR count).